The molecule has 114 valence electrons. The molecule has 1 aromatic heterocycles. The molecule has 1 aromatic rings. The van der Waals surface area contributed by atoms with Crippen LogP contribution in [-0.4, -0.2) is 33.4 Å². The molecule has 1 heterocycles. The van der Waals surface area contributed by atoms with Crippen LogP contribution in [0.2, 0.25) is 5.15 Å². The van der Waals surface area contributed by atoms with Crippen LogP contribution in [0.25, 0.3) is 0 Å². The Morgan fingerprint density at radius 2 is 2.10 bits per heavy atom. The second-order valence-electron chi connectivity index (χ2n) is 4.25. The Labute approximate surface area is 125 Å². The standard InChI is InChI=1S/C12H14ClN3O5/c13-11-9(6-8(7-15-11)16(20)21)12(19)14-5-3-1-2-4-10(17)18/h6-7H,1-5H2,(H,14,19)(H,17,18). The largest absolute Gasteiger partial charge is 0.481 e. The average molecular weight is 316 g/mol. The van der Waals surface area contributed by atoms with Crippen molar-refractivity contribution in [2.75, 3.05) is 6.54 Å². The van der Waals surface area contributed by atoms with Gasteiger partial charge >= 0.3 is 5.97 Å². The minimum absolute atomic E-state index is 0.0589. The monoisotopic (exact) mass is 315 g/mol. The summed E-state index contributed by atoms with van der Waals surface area (Å²) >= 11 is 5.73. The summed E-state index contributed by atoms with van der Waals surface area (Å²) in [5.74, 6) is -1.40. The van der Waals surface area contributed by atoms with E-state index in [4.69, 9.17) is 16.7 Å². The van der Waals surface area contributed by atoms with Gasteiger partial charge in [0.05, 0.1) is 10.5 Å². The van der Waals surface area contributed by atoms with Gasteiger partial charge in [0.1, 0.15) is 11.3 Å². The molecule has 1 rings (SSSR count). The van der Waals surface area contributed by atoms with Crippen LogP contribution in [-0.2, 0) is 4.79 Å². The molecular weight excluding hydrogens is 302 g/mol. The Balaban J connectivity index is 2.47. The fraction of sp³-hybridized carbons (Fsp3) is 0.417. The number of rotatable bonds is 8. The average Bonchev–Trinajstić information content (AvgIpc) is 2.42. The number of unbranched alkanes of at least 4 members (excludes halogenated alkanes) is 2. The molecule has 21 heavy (non-hydrogen) atoms. The summed E-state index contributed by atoms with van der Waals surface area (Å²) < 4.78 is 0. The number of aromatic nitrogens is 1. The Morgan fingerprint density at radius 3 is 2.71 bits per heavy atom. The second-order valence-corrected chi connectivity index (χ2v) is 4.61. The first-order valence-corrected chi connectivity index (χ1v) is 6.59. The summed E-state index contributed by atoms with van der Waals surface area (Å²) in [6.45, 7) is 0.331. The molecule has 0 saturated heterocycles. The lowest BCUT2D eigenvalue weighted by molar-refractivity contribution is -0.385. The SMILES string of the molecule is O=C(O)CCCCCNC(=O)c1cc([N+](=O)[O-])cnc1Cl. The minimum atomic E-state index is -0.853. The Kier molecular flexibility index (Phi) is 6.54. The molecule has 0 spiro atoms. The van der Waals surface area contributed by atoms with Crippen molar-refractivity contribution >= 4 is 29.2 Å². The number of nitrogens with zero attached hydrogens (tertiary/aromatic N) is 2. The number of amides is 1. The first kappa shape index (κ1) is 16.8. The van der Waals surface area contributed by atoms with E-state index in [1.54, 1.807) is 0 Å². The van der Waals surface area contributed by atoms with Crippen molar-refractivity contribution < 1.29 is 19.6 Å². The van der Waals surface area contributed by atoms with Crippen molar-refractivity contribution in [2.24, 2.45) is 0 Å². The van der Waals surface area contributed by atoms with Crippen LogP contribution < -0.4 is 5.32 Å². The summed E-state index contributed by atoms with van der Waals surface area (Å²) in [6, 6.07) is 1.06. The molecule has 0 unspecified atom stereocenters. The number of carbonyl (C=O) groups is 2. The van der Waals surface area contributed by atoms with Crippen LogP contribution in [0.4, 0.5) is 5.69 Å². The molecule has 0 aliphatic carbocycles. The highest BCUT2D eigenvalue weighted by Crippen LogP contribution is 2.18. The Hall–Kier alpha value is -2.22. The number of nitrogens with one attached hydrogen (secondary N) is 1. The fourth-order valence-corrected chi connectivity index (χ4v) is 1.76. The third-order valence-electron chi connectivity index (χ3n) is 2.63. The fourth-order valence-electron chi connectivity index (χ4n) is 1.57. The number of pyridine rings is 1. The molecule has 2 N–H and O–H groups in total. The number of carboxylic acid groups (broad SMARTS) is 1. The molecule has 8 nitrogen and oxygen atoms in total. The molecule has 0 bridgehead atoms. The highest BCUT2D eigenvalue weighted by Gasteiger charge is 2.16. The lowest BCUT2D eigenvalue weighted by Gasteiger charge is -2.06. The van der Waals surface area contributed by atoms with Gasteiger partial charge in [-0.25, -0.2) is 4.98 Å². The van der Waals surface area contributed by atoms with Crippen molar-refractivity contribution in [1.82, 2.24) is 10.3 Å². The number of nitro groups is 1. The van der Waals surface area contributed by atoms with Crippen molar-refractivity contribution in [3.05, 3.63) is 33.1 Å². The van der Waals surface area contributed by atoms with E-state index in [2.05, 4.69) is 10.3 Å². The molecule has 0 radical (unpaired) electrons. The molecule has 9 heteroatoms. The smallest absolute Gasteiger partial charge is 0.303 e. The lowest BCUT2D eigenvalue weighted by Crippen LogP contribution is -2.25. The van der Waals surface area contributed by atoms with Gasteiger partial charge in [0.2, 0.25) is 0 Å². The van der Waals surface area contributed by atoms with Gasteiger partial charge in [0, 0.05) is 19.0 Å². The van der Waals surface area contributed by atoms with Crippen LogP contribution >= 0.6 is 11.6 Å². The van der Waals surface area contributed by atoms with Crippen LogP contribution in [0.1, 0.15) is 36.0 Å². The third-order valence-corrected chi connectivity index (χ3v) is 2.93. The summed E-state index contributed by atoms with van der Waals surface area (Å²) in [5, 5.41) is 21.5. The normalized spacial score (nSPS) is 10.1. The predicted octanol–water partition coefficient (Wildman–Crippen LogP) is 2.02. The number of hydrogen-bond donors (Lipinski definition) is 2. The molecule has 0 aromatic carbocycles. The molecule has 0 aliphatic rings. The van der Waals surface area contributed by atoms with Crippen molar-refractivity contribution in [3.8, 4) is 0 Å². The zero-order chi connectivity index (χ0) is 15.8. The summed E-state index contributed by atoms with van der Waals surface area (Å²) in [7, 11) is 0. The maximum absolute atomic E-state index is 11.8. The highest BCUT2D eigenvalue weighted by molar-refractivity contribution is 6.32. The summed E-state index contributed by atoms with van der Waals surface area (Å²) in [5.41, 5.74) is -0.373. The summed E-state index contributed by atoms with van der Waals surface area (Å²) in [6.07, 6.45) is 2.87. The number of aliphatic carboxylic acids is 1. The van der Waals surface area contributed by atoms with Crippen LogP contribution in [0.15, 0.2) is 12.3 Å². The first-order valence-electron chi connectivity index (χ1n) is 6.21. The van der Waals surface area contributed by atoms with Crippen LogP contribution in [0, 0.1) is 10.1 Å². The van der Waals surface area contributed by atoms with E-state index in [0.717, 1.165) is 12.3 Å². The van der Waals surface area contributed by atoms with Crippen molar-refractivity contribution in [2.45, 2.75) is 25.7 Å². The predicted molar refractivity (Wildman–Crippen MR) is 74.3 cm³/mol. The number of carbonyl (C=O) groups excluding carboxylic acids is 1. The molecule has 0 atom stereocenters. The van der Waals surface area contributed by atoms with Gasteiger partial charge in [-0.1, -0.05) is 18.0 Å². The second kappa shape index (κ2) is 8.15. The van der Waals surface area contributed by atoms with E-state index in [-0.39, 0.29) is 22.8 Å². The van der Waals surface area contributed by atoms with Gasteiger partial charge < -0.3 is 10.4 Å². The van der Waals surface area contributed by atoms with Crippen molar-refractivity contribution in [3.63, 3.8) is 0 Å². The van der Waals surface area contributed by atoms with E-state index in [1.165, 1.54) is 0 Å². The molecular formula is C12H14ClN3O5. The van der Waals surface area contributed by atoms with Crippen molar-refractivity contribution in [1.29, 1.82) is 0 Å². The number of halogens is 1. The van der Waals surface area contributed by atoms with Gasteiger partial charge in [0.15, 0.2) is 0 Å². The van der Waals surface area contributed by atoms with Gasteiger partial charge in [-0.3, -0.25) is 19.7 Å². The van der Waals surface area contributed by atoms with E-state index in [0.29, 0.717) is 25.8 Å². The highest BCUT2D eigenvalue weighted by atomic mass is 35.5. The van der Waals surface area contributed by atoms with E-state index >= 15 is 0 Å². The van der Waals surface area contributed by atoms with Gasteiger partial charge in [-0.2, -0.15) is 0 Å². The number of hydrogen-bond acceptors (Lipinski definition) is 5. The molecule has 0 aliphatic heterocycles. The third kappa shape index (κ3) is 5.74. The van der Waals surface area contributed by atoms with E-state index in [9.17, 15) is 19.7 Å². The number of carboxylic acids is 1. The maximum Gasteiger partial charge on any atom is 0.303 e. The quantitative estimate of drug-likeness (QED) is 0.327. The zero-order valence-corrected chi connectivity index (χ0v) is 11.8. The van der Waals surface area contributed by atoms with Gasteiger partial charge in [-0.15, -0.1) is 0 Å². The maximum atomic E-state index is 11.8. The van der Waals surface area contributed by atoms with E-state index < -0.39 is 16.8 Å². The Morgan fingerprint density at radius 1 is 1.38 bits per heavy atom. The molecule has 1 amide bonds. The Bertz CT molecular complexity index is 550. The zero-order valence-electron chi connectivity index (χ0n) is 11.0. The first-order chi connectivity index (χ1) is 9.91. The van der Waals surface area contributed by atoms with E-state index in [1.807, 2.05) is 0 Å². The molecule has 0 saturated carbocycles. The van der Waals surface area contributed by atoms with Crippen LogP contribution in [0.3, 0.4) is 0 Å². The topological polar surface area (TPSA) is 122 Å². The van der Waals surface area contributed by atoms with Crippen LogP contribution in [0.5, 0.6) is 0 Å². The minimum Gasteiger partial charge on any atom is -0.481 e. The lowest BCUT2D eigenvalue weighted by atomic mass is 10.2. The van der Waals surface area contributed by atoms with Gasteiger partial charge in [0.25, 0.3) is 11.6 Å². The summed E-state index contributed by atoms with van der Waals surface area (Å²) in [4.78, 5) is 35.7. The van der Waals surface area contributed by atoms with Gasteiger partial charge in [-0.05, 0) is 12.8 Å². The molecule has 0 fully saturated rings.